The fourth-order valence-corrected chi connectivity index (χ4v) is 7.03. The van der Waals surface area contributed by atoms with Crippen molar-refractivity contribution in [3.63, 3.8) is 0 Å². The van der Waals surface area contributed by atoms with Gasteiger partial charge < -0.3 is 5.32 Å². The monoisotopic (exact) mass is 397 g/mol. The zero-order chi connectivity index (χ0) is 18.9. The van der Waals surface area contributed by atoms with Crippen LogP contribution in [0.3, 0.4) is 0 Å². The summed E-state index contributed by atoms with van der Waals surface area (Å²) in [5.41, 5.74) is -0.494. The lowest BCUT2D eigenvalue weighted by Crippen LogP contribution is -2.66. The molecule has 0 spiro atoms. The first-order valence-electron chi connectivity index (χ1n) is 9.57. The van der Waals surface area contributed by atoms with Gasteiger partial charge in [0.25, 0.3) is 11.5 Å². The fourth-order valence-electron chi connectivity index (χ4n) is 6.31. The number of carbonyl (C=O) groups excluding carboxylic acids is 1. The SMILES string of the molecule is O=C(NC12CC3CC(C1)CC(n1ncnn1)(C3)C2)c1cc(=O)nc2sccn12. The normalized spacial score (nSPS) is 33.4. The number of tetrazole rings is 1. The van der Waals surface area contributed by atoms with Gasteiger partial charge in [0, 0.05) is 23.2 Å². The Kier molecular flexibility index (Phi) is 3.19. The Balaban J connectivity index is 1.37. The molecule has 4 bridgehead atoms. The Morgan fingerprint density at radius 3 is 2.82 bits per heavy atom. The third-order valence-electron chi connectivity index (χ3n) is 6.73. The van der Waals surface area contributed by atoms with Crippen LogP contribution in [-0.2, 0) is 5.54 Å². The summed E-state index contributed by atoms with van der Waals surface area (Å²) < 4.78 is 1.69. The molecule has 0 aliphatic heterocycles. The highest BCUT2D eigenvalue weighted by atomic mass is 32.1. The number of hydrogen-bond acceptors (Lipinski definition) is 7. The summed E-state index contributed by atoms with van der Waals surface area (Å²) >= 11 is 1.35. The van der Waals surface area contributed by atoms with Gasteiger partial charge in [-0.05, 0) is 55.6 Å². The van der Waals surface area contributed by atoms with E-state index in [1.54, 1.807) is 15.4 Å². The lowest BCUT2D eigenvalue weighted by atomic mass is 9.50. The summed E-state index contributed by atoms with van der Waals surface area (Å²) in [6, 6.07) is 1.32. The number of aromatic nitrogens is 6. The summed E-state index contributed by atoms with van der Waals surface area (Å²) in [6.07, 6.45) is 9.31. The van der Waals surface area contributed by atoms with Crippen LogP contribution in [-0.4, -0.2) is 41.0 Å². The molecule has 0 saturated heterocycles. The Labute approximate surface area is 163 Å². The summed E-state index contributed by atoms with van der Waals surface area (Å²) in [7, 11) is 0. The minimum absolute atomic E-state index is 0.166. The van der Waals surface area contributed by atoms with Crippen molar-refractivity contribution in [2.45, 2.75) is 49.6 Å². The maximum Gasteiger partial charge on any atom is 0.274 e. The van der Waals surface area contributed by atoms with Crippen LogP contribution >= 0.6 is 11.3 Å². The van der Waals surface area contributed by atoms with Crippen molar-refractivity contribution in [3.8, 4) is 0 Å². The highest BCUT2D eigenvalue weighted by molar-refractivity contribution is 7.15. The molecule has 4 fully saturated rings. The quantitative estimate of drug-likeness (QED) is 0.712. The van der Waals surface area contributed by atoms with Crippen LogP contribution in [0, 0.1) is 11.8 Å². The van der Waals surface area contributed by atoms with E-state index in [1.807, 2.05) is 5.38 Å². The van der Waals surface area contributed by atoms with Crippen LogP contribution < -0.4 is 10.9 Å². The molecule has 3 aromatic heterocycles. The number of nitrogens with one attached hydrogen (secondary N) is 1. The first kappa shape index (κ1) is 16.3. The van der Waals surface area contributed by atoms with E-state index in [9.17, 15) is 9.59 Å². The molecule has 7 rings (SSSR count). The van der Waals surface area contributed by atoms with Gasteiger partial charge in [0.05, 0.1) is 5.54 Å². The molecule has 144 valence electrons. The maximum absolute atomic E-state index is 13.2. The van der Waals surface area contributed by atoms with Gasteiger partial charge in [-0.25, -0.2) is 0 Å². The number of hydrogen-bond donors (Lipinski definition) is 1. The maximum atomic E-state index is 13.2. The zero-order valence-electron chi connectivity index (χ0n) is 15.1. The van der Waals surface area contributed by atoms with Crippen molar-refractivity contribution in [1.29, 1.82) is 0 Å². The second-order valence-electron chi connectivity index (χ2n) is 8.68. The Hall–Kier alpha value is -2.62. The van der Waals surface area contributed by atoms with Crippen LogP contribution in [0.5, 0.6) is 0 Å². The van der Waals surface area contributed by atoms with Crippen molar-refractivity contribution in [2.75, 3.05) is 0 Å². The number of rotatable bonds is 3. The lowest BCUT2D eigenvalue weighted by Gasteiger charge is -2.61. The number of thiazole rings is 1. The second-order valence-corrected chi connectivity index (χ2v) is 9.55. The van der Waals surface area contributed by atoms with E-state index >= 15 is 0 Å². The minimum atomic E-state index is -0.388. The van der Waals surface area contributed by atoms with Gasteiger partial charge >= 0.3 is 0 Å². The van der Waals surface area contributed by atoms with E-state index in [2.05, 4.69) is 25.7 Å². The largest absolute Gasteiger partial charge is 0.345 e. The topological polar surface area (TPSA) is 107 Å². The zero-order valence-corrected chi connectivity index (χ0v) is 15.9. The van der Waals surface area contributed by atoms with Crippen molar-refractivity contribution < 1.29 is 4.79 Å². The van der Waals surface area contributed by atoms with Crippen LogP contribution in [0.4, 0.5) is 0 Å². The molecule has 1 N–H and O–H groups in total. The first-order valence-corrected chi connectivity index (χ1v) is 10.5. The molecule has 2 atom stereocenters. The number of carbonyl (C=O) groups is 1. The molecular formula is C18H19N7O2S. The molecule has 3 heterocycles. The average Bonchev–Trinajstić information content (AvgIpc) is 3.31. The fraction of sp³-hybridized carbons (Fsp3) is 0.556. The molecule has 4 aliphatic rings. The van der Waals surface area contributed by atoms with Crippen LogP contribution in [0.1, 0.15) is 49.0 Å². The first-order chi connectivity index (χ1) is 13.5. The molecule has 0 aromatic carbocycles. The molecule has 4 aliphatic carbocycles. The number of fused-ring (bicyclic) bond motifs is 1. The molecule has 28 heavy (non-hydrogen) atoms. The van der Waals surface area contributed by atoms with E-state index in [-0.39, 0.29) is 22.5 Å². The van der Waals surface area contributed by atoms with Gasteiger partial charge in [-0.2, -0.15) is 9.78 Å². The third-order valence-corrected chi connectivity index (χ3v) is 7.49. The molecule has 4 saturated carbocycles. The minimum Gasteiger partial charge on any atom is -0.345 e. The summed E-state index contributed by atoms with van der Waals surface area (Å²) in [6.45, 7) is 0. The predicted octanol–water partition coefficient (Wildman–Crippen LogP) is 1.22. The molecule has 0 radical (unpaired) electrons. The van der Waals surface area contributed by atoms with Crippen LogP contribution in [0.25, 0.3) is 4.96 Å². The molecule has 10 heteroatoms. The van der Waals surface area contributed by atoms with Crippen molar-refractivity contribution in [3.05, 3.63) is 40.0 Å². The Morgan fingerprint density at radius 1 is 1.25 bits per heavy atom. The van der Waals surface area contributed by atoms with Gasteiger partial charge in [0.15, 0.2) is 11.3 Å². The average molecular weight is 397 g/mol. The highest BCUT2D eigenvalue weighted by Crippen LogP contribution is 2.60. The van der Waals surface area contributed by atoms with Gasteiger partial charge in [0.1, 0.15) is 5.69 Å². The van der Waals surface area contributed by atoms with Crippen molar-refractivity contribution in [2.24, 2.45) is 11.8 Å². The highest BCUT2D eigenvalue weighted by Gasteiger charge is 2.60. The van der Waals surface area contributed by atoms with Gasteiger partial charge in [0.2, 0.25) is 0 Å². The molecule has 3 aromatic rings. The van der Waals surface area contributed by atoms with E-state index in [0.717, 1.165) is 32.1 Å². The lowest BCUT2D eigenvalue weighted by molar-refractivity contribution is -0.0811. The number of amides is 1. The molecule has 9 nitrogen and oxygen atoms in total. The predicted molar refractivity (Wildman–Crippen MR) is 100 cm³/mol. The Bertz CT molecular complexity index is 1120. The summed E-state index contributed by atoms with van der Waals surface area (Å²) in [5, 5.41) is 17.6. The smallest absolute Gasteiger partial charge is 0.274 e. The molecular weight excluding hydrogens is 378 g/mol. The summed E-state index contributed by atoms with van der Waals surface area (Å²) in [4.78, 5) is 31.5. The third kappa shape index (κ3) is 2.30. The molecule has 1 amide bonds. The standard InChI is InChI=1S/C18H19N7O2S/c26-14-4-13(24-1-2-28-16(24)21-14)15(27)22-17-5-11-3-12(6-17)8-18(7-11,9-17)25-20-10-19-23-25/h1-2,4,10-12H,3,5-9H2,(H,22,27). The van der Waals surface area contributed by atoms with E-state index in [4.69, 9.17) is 0 Å². The van der Waals surface area contributed by atoms with Gasteiger partial charge in [-0.1, -0.05) is 0 Å². The Morgan fingerprint density at radius 2 is 2.07 bits per heavy atom. The van der Waals surface area contributed by atoms with Gasteiger partial charge in [-0.3, -0.25) is 14.0 Å². The summed E-state index contributed by atoms with van der Waals surface area (Å²) in [5.74, 6) is 0.888. The van der Waals surface area contributed by atoms with Crippen molar-refractivity contribution in [1.82, 2.24) is 34.9 Å². The molecule has 2 unspecified atom stereocenters. The van der Waals surface area contributed by atoms with E-state index in [1.165, 1.54) is 30.2 Å². The van der Waals surface area contributed by atoms with E-state index < -0.39 is 0 Å². The number of nitrogens with zero attached hydrogens (tertiary/aromatic N) is 6. The van der Waals surface area contributed by atoms with Crippen LogP contribution in [0.15, 0.2) is 28.8 Å². The van der Waals surface area contributed by atoms with Crippen LogP contribution in [0.2, 0.25) is 0 Å². The van der Waals surface area contributed by atoms with Gasteiger partial charge in [-0.15, -0.1) is 21.5 Å². The van der Waals surface area contributed by atoms with Crippen molar-refractivity contribution >= 4 is 22.2 Å². The van der Waals surface area contributed by atoms with E-state index in [0.29, 0.717) is 22.5 Å². The second kappa shape index (κ2) is 5.47.